The van der Waals surface area contributed by atoms with E-state index in [-0.39, 0.29) is 17.6 Å². The van der Waals surface area contributed by atoms with Gasteiger partial charge >= 0.3 is 0 Å². The third-order valence-corrected chi connectivity index (χ3v) is 8.57. The summed E-state index contributed by atoms with van der Waals surface area (Å²) in [7, 11) is 1.78. The van der Waals surface area contributed by atoms with E-state index in [9.17, 15) is 9.59 Å². The maximum Gasteiger partial charge on any atom is 0.257 e. The first-order valence-corrected chi connectivity index (χ1v) is 13.1. The Morgan fingerprint density at radius 3 is 2.53 bits per heavy atom. The summed E-state index contributed by atoms with van der Waals surface area (Å²) < 4.78 is 0.724. The van der Waals surface area contributed by atoms with Gasteiger partial charge in [0.1, 0.15) is 5.00 Å². The minimum absolute atomic E-state index is 0.00590. The smallest absolute Gasteiger partial charge is 0.257 e. The zero-order valence-electron chi connectivity index (χ0n) is 18.0. The summed E-state index contributed by atoms with van der Waals surface area (Å²) in [6.45, 7) is 3.51. The van der Waals surface area contributed by atoms with Crippen LogP contribution < -0.4 is 10.6 Å². The molecule has 0 bridgehead atoms. The fourth-order valence-electron chi connectivity index (χ4n) is 3.64. The lowest BCUT2D eigenvalue weighted by Crippen LogP contribution is -2.36. The van der Waals surface area contributed by atoms with Gasteiger partial charge in [-0.1, -0.05) is 53.4 Å². The molecule has 1 fully saturated rings. The first-order chi connectivity index (χ1) is 15.6. The number of anilines is 2. The third-order valence-electron chi connectivity index (χ3n) is 5.24. The molecule has 1 aliphatic heterocycles. The summed E-state index contributed by atoms with van der Waals surface area (Å²) in [5.41, 5.74) is 2.58. The second kappa shape index (κ2) is 10.5. The van der Waals surface area contributed by atoms with Crippen LogP contribution in [-0.4, -0.2) is 52.8 Å². The molecule has 10 heteroatoms. The lowest BCUT2D eigenvalue weighted by molar-refractivity contribution is -0.113. The predicted octanol–water partition coefficient (Wildman–Crippen LogP) is 4.97. The highest BCUT2D eigenvalue weighted by Crippen LogP contribution is 2.41. The number of piperidine rings is 1. The van der Waals surface area contributed by atoms with Gasteiger partial charge in [0.2, 0.25) is 11.0 Å². The number of nitrogens with zero attached hydrogens (tertiary/aromatic N) is 3. The number of likely N-dealkylation sites (tertiary alicyclic amines) is 1. The van der Waals surface area contributed by atoms with Crippen LogP contribution in [0.15, 0.2) is 34.7 Å². The van der Waals surface area contributed by atoms with E-state index >= 15 is 0 Å². The molecule has 2 N–H and O–H groups in total. The van der Waals surface area contributed by atoms with Crippen LogP contribution in [0.1, 0.15) is 35.2 Å². The molecule has 1 saturated heterocycles. The van der Waals surface area contributed by atoms with Crippen molar-refractivity contribution in [3.8, 4) is 10.4 Å². The number of rotatable bonds is 7. The van der Waals surface area contributed by atoms with Crippen LogP contribution in [0.25, 0.3) is 10.4 Å². The van der Waals surface area contributed by atoms with E-state index in [1.807, 2.05) is 42.2 Å². The van der Waals surface area contributed by atoms with Crippen molar-refractivity contribution in [2.45, 2.75) is 30.5 Å². The molecule has 3 heterocycles. The number of amides is 2. The molecule has 0 spiro atoms. The Hall–Kier alpha value is -2.43. The highest BCUT2D eigenvalue weighted by Gasteiger charge is 2.27. The van der Waals surface area contributed by atoms with Crippen molar-refractivity contribution < 1.29 is 9.59 Å². The van der Waals surface area contributed by atoms with E-state index in [2.05, 4.69) is 20.8 Å². The fraction of sp³-hybridized carbons (Fsp3) is 0.364. The third kappa shape index (κ3) is 5.13. The van der Waals surface area contributed by atoms with Gasteiger partial charge in [0.15, 0.2) is 4.34 Å². The maximum absolute atomic E-state index is 13.4. The standard InChI is InChI=1S/C22H25N5O2S3/c1-14-17(20(29)27-11-7-4-8-12-27)19(31-18(14)15-9-5-3-6-10-15)24-16(28)13-30-22-26-25-21(23-2)32-22/h3,5-6,9-10H,4,7-8,11-13H2,1-2H3,(H,23,25)(H,24,28). The lowest BCUT2D eigenvalue weighted by atomic mass is 10.0. The van der Waals surface area contributed by atoms with E-state index in [0.29, 0.717) is 15.7 Å². The number of carbonyl (C=O) groups is 2. The SMILES string of the molecule is CNc1nnc(SCC(=O)Nc2sc(-c3ccccc3)c(C)c2C(=O)N2CCCCC2)s1. The molecule has 4 rings (SSSR count). The second-order valence-corrected chi connectivity index (χ2v) is 10.7. The van der Waals surface area contributed by atoms with Gasteiger partial charge in [-0.25, -0.2) is 0 Å². The zero-order chi connectivity index (χ0) is 22.5. The summed E-state index contributed by atoms with van der Waals surface area (Å²) >= 11 is 4.20. The number of thioether (sulfide) groups is 1. The van der Waals surface area contributed by atoms with Gasteiger partial charge in [0.25, 0.3) is 5.91 Å². The summed E-state index contributed by atoms with van der Waals surface area (Å²) in [4.78, 5) is 29.1. The molecular formula is C22H25N5O2S3. The van der Waals surface area contributed by atoms with Crippen LogP contribution in [0.2, 0.25) is 0 Å². The quantitative estimate of drug-likeness (QED) is 0.458. The molecule has 1 aromatic carbocycles. The fourth-order valence-corrected chi connectivity index (χ4v) is 6.36. The molecule has 0 aliphatic carbocycles. The van der Waals surface area contributed by atoms with Crippen LogP contribution >= 0.6 is 34.4 Å². The Morgan fingerprint density at radius 2 is 1.84 bits per heavy atom. The molecule has 0 atom stereocenters. The molecule has 2 amide bonds. The van der Waals surface area contributed by atoms with Crippen LogP contribution in [0.5, 0.6) is 0 Å². The molecule has 0 unspecified atom stereocenters. The Kier molecular flexibility index (Phi) is 7.44. The van der Waals surface area contributed by atoms with Crippen molar-refractivity contribution >= 4 is 56.4 Å². The lowest BCUT2D eigenvalue weighted by Gasteiger charge is -2.27. The normalized spacial score (nSPS) is 13.8. The molecule has 32 heavy (non-hydrogen) atoms. The molecule has 0 saturated carbocycles. The van der Waals surface area contributed by atoms with Gasteiger partial charge in [-0.3, -0.25) is 9.59 Å². The zero-order valence-corrected chi connectivity index (χ0v) is 20.5. The van der Waals surface area contributed by atoms with Gasteiger partial charge in [-0.15, -0.1) is 21.5 Å². The highest BCUT2D eigenvalue weighted by atomic mass is 32.2. The van der Waals surface area contributed by atoms with E-state index in [4.69, 9.17) is 0 Å². The Bertz CT molecular complexity index is 1090. The van der Waals surface area contributed by atoms with E-state index in [0.717, 1.165) is 52.7 Å². The van der Waals surface area contributed by atoms with Crippen LogP contribution in [0.3, 0.4) is 0 Å². The Labute approximate surface area is 199 Å². The van der Waals surface area contributed by atoms with E-state index < -0.39 is 0 Å². The number of hydrogen-bond acceptors (Lipinski definition) is 8. The van der Waals surface area contributed by atoms with Crippen molar-refractivity contribution in [2.24, 2.45) is 0 Å². The molecule has 7 nitrogen and oxygen atoms in total. The van der Waals surface area contributed by atoms with Crippen LogP contribution in [0.4, 0.5) is 10.1 Å². The van der Waals surface area contributed by atoms with Gasteiger partial charge < -0.3 is 15.5 Å². The molecule has 168 valence electrons. The van der Waals surface area contributed by atoms with Gasteiger partial charge in [0.05, 0.1) is 11.3 Å². The topological polar surface area (TPSA) is 87.2 Å². The van der Waals surface area contributed by atoms with Crippen LogP contribution in [-0.2, 0) is 4.79 Å². The predicted molar refractivity (Wildman–Crippen MR) is 133 cm³/mol. The van der Waals surface area contributed by atoms with Crippen molar-refractivity contribution in [1.29, 1.82) is 0 Å². The largest absolute Gasteiger partial charge is 0.363 e. The number of hydrogen-bond donors (Lipinski definition) is 2. The number of thiophene rings is 1. The first-order valence-electron chi connectivity index (χ1n) is 10.5. The van der Waals surface area contributed by atoms with E-state index in [1.54, 1.807) is 7.05 Å². The Morgan fingerprint density at radius 1 is 1.09 bits per heavy atom. The van der Waals surface area contributed by atoms with Gasteiger partial charge in [-0.05, 0) is 37.3 Å². The minimum atomic E-state index is -0.162. The second-order valence-electron chi connectivity index (χ2n) is 7.44. The maximum atomic E-state index is 13.4. The van der Waals surface area contributed by atoms with Crippen LogP contribution in [0, 0.1) is 6.92 Å². The minimum Gasteiger partial charge on any atom is -0.363 e. The number of aromatic nitrogens is 2. The Balaban J connectivity index is 1.57. The summed E-state index contributed by atoms with van der Waals surface area (Å²) in [5.74, 6) is 0.0453. The summed E-state index contributed by atoms with van der Waals surface area (Å²) in [6.07, 6.45) is 3.20. The number of benzene rings is 1. The number of carbonyl (C=O) groups excluding carboxylic acids is 2. The first kappa shape index (κ1) is 22.8. The number of nitrogens with one attached hydrogen (secondary N) is 2. The highest BCUT2D eigenvalue weighted by molar-refractivity contribution is 8.01. The average Bonchev–Trinajstić information content (AvgIpc) is 3.42. The van der Waals surface area contributed by atoms with Crippen molar-refractivity contribution in [3.05, 3.63) is 41.5 Å². The summed E-state index contributed by atoms with van der Waals surface area (Å²) in [6, 6.07) is 10.0. The van der Waals surface area contributed by atoms with Crippen molar-refractivity contribution in [3.63, 3.8) is 0 Å². The average molecular weight is 488 g/mol. The van der Waals surface area contributed by atoms with Crippen molar-refractivity contribution in [2.75, 3.05) is 36.5 Å². The molecular weight excluding hydrogens is 462 g/mol. The summed E-state index contributed by atoms with van der Waals surface area (Å²) in [5, 5.41) is 15.3. The van der Waals surface area contributed by atoms with Gasteiger partial charge in [-0.2, -0.15) is 0 Å². The molecule has 2 aromatic heterocycles. The monoisotopic (exact) mass is 487 g/mol. The van der Waals surface area contributed by atoms with Gasteiger partial charge in [0, 0.05) is 25.0 Å². The molecule has 3 aromatic rings. The van der Waals surface area contributed by atoms with Crippen molar-refractivity contribution in [1.82, 2.24) is 15.1 Å². The molecule has 1 aliphatic rings. The van der Waals surface area contributed by atoms with E-state index in [1.165, 1.54) is 34.4 Å². The molecule has 0 radical (unpaired) electrons.